The van der Waals surface area contributed by atoms with Crippen molar-refractivity contribution in [2.75, 3.05) is 39.3 Å². The van der Waals surface area contributed by atoms with E-state index in [4.69, 9.17) is 9.47 Å². The van der Waals surface area contributed by atoms with Crippen LogP contribution in [0.4, 0.5) is 0 Å². The van der Waals surface area contributed by atoms with E-state index in [0.717, 1.165) is 70.6 Å². The van der Waals surface area contributed by atoms with Crippen molar-refractivity contribution in [3.8, 4) is 23.0 Å². The van der Waals surface area contributed by atoms with E-state index in [2.05, 4.69) is 58.2 Å². The molecular weight excluding hydrogens is 538 g/mol. The Balaban J connectivity index is 0.954. The van der Waals surface area contributed by atoms with Crippen LogP contribution >= 0.6 is 0 Å². The van der Waals surface area contributed by atoms with Crippen LogP contribution in [0.1, 0.15) is 63.3 Å². The Kier molecular flexibility index (Phi) is 9.52. The van der Waals surface area contributed by atoms with Gasteiger partial charge in [0, 0.05) is 44.9 Å². The fraction of sp³-hybridized carbons (Fsp3) is 0.514. The van der Waals surface area contributed by atoms with E-state index in [9.17, 15) is 4.79 Å². The summed E-state index contributed by atoms with van der Waals surface area (Å²) >= 11 is 0. The zero-order valence-electron chi connectivity index (χ0n) is 25.4. The number of ether oxygens (including phenoxy) is 2. The molecule has 4 heterocycles. The molecule has 3 aliphatic heterocycles. The van der Waals surface area contributed by atoms with Crippen LogP contribution in [0.3, 0.4) is 0 Å². The van der Waals surface area contributed by atoms with Gasteiger partial charge in [-0.05, 0) is 68.2 Å². The summed E-state index contributed by atoms with van der Waals surface area (Å²) in [6.45, 7) is 9.49. The largest absolute Gasteiger partial charge is 0.377 e. The van der Waals surface area contributed by atoms with E-state index in [-0.39, 0.29) is 30.1 Å². The van der Waals surface area contributed by atoms with Crippen LogP contribution in [-0.4, -0.2) is 88.3 Å². The molecule has 43 heavy (non-hydrogen) atoms. The van der Waals surface area contributed by atoms with Gasteiger partial charge in [-0.2, -0.15) is 0 Å². The number of rotatable bonds is 8. The molecule has 8 heteroatoms. The molecule has 0 N–H and O–H groups in total. The summed E-state index contributed by atoms with van der Waals surface area (Å²) in [6, 6.07) is 18.7. The highest BCUT2D eigenvalue weighted by Crippen LogP contribution is 2.31. The van der Waals surface area contributed by atoms with Crippen LogP contribution in [0, 0.1) is 17.8 Å². The fourth-order valence-corrected chi connectivity index (χ4v) is 6.50. The summed E-state index contributed by atoms with van der Waals surface area (Å²) in [4.78, 5) is 17.8. The Morgan fingerprint density at radius 1 is 0.930 bits per heavy atom. The van der Waals surface area contributed by atoms with Gasteiger partial charge in [-0.15, -0.1) is 5.10 Å². The predicted octanol–water partition coefficient (Wildman–Crippen LogP) is 4.80. The average Bonchev–Trinajstić information content (AvgIpc) is 3.84. The molecule has 3 saturated heterocycles. The van der Waals surface area contributed by atoms with Crippen molar-refractivity contribution in [2.24, 2.45) is 5.92 Å². The van der Waals surface area contributed by atoms with Gasteiger partial charge >= 0.3 is 0 Å². The highest BCUT2D eigenvalue weighted by atomic mass is 16.5. The van der Waals surface area contributed by atoms with Gasteiger partial charge in [0.1, 0.15) is 0 Å². The lowest BCUT2D eigenvalue weighted by Gasteiger charge is -2.37. The molecule has 0 aliphatic carbocycles. The summed E-state index contributed by atoms with van der Waals surface area (Å²) < 4.78 is 14.1. The summed E-state index contributed by atoms with van der Waals surface area (Å²) in [5.74, 6) is 6.45. The normalized spacial score (nSPS) is 24.0. The molecular formula is C35H43N5O3. The molecule has 3 aliphatic rings. The van der Waals surface area contributed by atoms with Crippen molar-refractivity contribution in [1.29, 1.82) is 0 Å². The number of hydrogen-bond donors (Lipinski definition) is 0. The minimum absolute atomic E-state index is 0.0277. The smallest absolute Gasteiger partial charge is 0.228 e. The zero-order chi connectivity index (χ0) is 29.6. The number of benzene rings is 2. The van der Waals surface area contributed by atoms with E-state index in [1.807, 2.05) is 53.0 Å². The van der Waals surface area contributed by atoms with Crippen LogP contribution in [0.5, 0.6) is 0 Å². The molecule has 3 fully saturated rings. The Bertz CT molecular complexity index is 1400. The van der Waals surface area contributed by atoms with Crippen LogP contribution in [0.2, 0.25) is 0 Å². The first kappa shape index (κ1) is 29.6. The number of carbonyl (C=O) groups is 1. The van der Waals surface area contributed by atoms with Crippen molar-refractivity contribution in [2.45, 2.75) is 70.3 Å². The first-order valence-corrected chi connectivity index (χ1v) is 15.9. The predicted molar refractivity (Wildman–Crippen MR) is 166 cm³/mol. The molecule has 5 atom stereocenters. The van der Waals surface area contributed by atoms with Gasteiger partial charge in [-0.25, -0.2) is 4.68 Å². The third-order valence-electron chi connectivity index (χ3n) is 9.15. The maximum absolute atomic E-state index is 13.3. The molecule has 0 bridgehead atoms. The lowest BCUT2D eigenvalue weighted by molar-refractivity contribution is -0.142. The van der Waals surface area contributed by atoms with Crippen LogP contribution in [0.15, 0.2) is 60.8 Å². The van der Waals surface area contributed by atoms with E-state index < -0.39 is 0 Å². The number of amides is 1. The van der Waals surface area contributed by atoms with Crippen molar-refractivity contribution < 1.29 is 14.3 Å². The monoisotopic (exact) mass is 581 g/mol. The maximum atomic E-state index is 13.3. The van der Waals surface area contributed by atoms with Crippen LogP contribution < -0.4 is 0 Å². The van der Waals surface area contributed by atoms with Gasteiger partial charge in [0.15, 0.2) is 5.69 Å². The number of carbonyl (C=O) groups excluding carboxylic acids is 1. The highest BCUT2D eigenvalue weighted by molar-refractivity contribution is 5.79. The van der Waals surface area contributed by atoms with Crippen molar-refractivity contribution in [3.63, 3.8) is 0 Å². The van der Waals surface area contributed by atoms with Gasteiger partial charge in [0.25, 0.3) is 0 Å². The standard InChI is InChI=1S/C35H43N5O3/c1-26(40-24-31(36-37-40)15-12-28-10-13-30(14-11-28)29-7-4-3-5-8-29)23-32-16-17-34(43-32)27(2)35(41)39-20-18-38(19-21-39)25-33-9-6-22-42-33/h3-5,7-8,10-11,13-14,24,26-27,32-34H,6,9,16-23,25H2,1-2H3/t26-,27-,32+,33?,34-/m1/s1. The zero-order valence-corrected chi connectivity index (χ0v) is 25.4. The van der Waals surface area contributed by atoms with Crippen molar-refractivity contribution in [3.05, 3.63) is 72.1 Å². The minimum atomic E-state index is -0.125. The average molecular weight is 582 g/mol. The molecule has 2 aromatic carbocycles. The second-order valence-electron chi connectivity index (χ2n) is 12.3. The van der Waals surface area contributed by atoms with Gasteiger partial charge in [0.2, 0.25) is 5.91 Å². The Labute approximate surface area is 255 Å². The quantitative estimate of drug-likeness (QED) is 0.356. The molecule has 1 unspecified atom stereocenters. The minimum Gasteiger partial charge on any atom is -0.377 e. The third-order valence-corrected chi connectivity index (χ3v) is 9.15. The van der Waals surface area contributed by atoms with Gasteiger partial charge in [-0.1, -0.05) is 60.5 Å². The summed E-state index contributed by atoms with van der Waals surface area (Å²) in [5, 5.41) is 8.62. The molecule has 1 amide bonds. The number of hydrogen-bond acceptors (Lipinski definition) is 6. The Morgan fingerprint density at radius 2 is 1.70 bits per heavy atom. The van der Waals surface area contributed by atoms with Crippen molar-refractivity contribution >= 4 is 5.91 Å². The molecule has 3 aromatic rings. The molecule has 6 rings (SSSR count). The Morgan fingerprint density at radius 3 is 2.44 bits per heavy atom. The molecule has 226 valence electrons. The van der Waals surface area contributed by atoms with E-state index >= 15 is 0 Å². The maximum Gasteiger partial charge on any atom is 0.228 e. The first-order chi connectivity index (χ1) is 21.0. The topological polar surface area (TPSA) is 72.7 Å². The number of aromatic nitrogens is 3. The summed E-state index contributed by atoms with van der Waals surface area (Å²) in [5.41, 5.74) is 3.96. The van der Waals surface area contributed by atoms with E-state index in [1.54, 1.807) is 0 Å². The fourth-order valence-electron chi connectivity index (χ4n) is 6.50. The third kappa shape index (κ3) is 7.53. The Hall–Kier alpha value is -3.51. The highest BCUT2D eigenvalue weighted by Gasteiger charge is 2.36. The van der Waals surface area contributed by atoms with E-state index in [0.29, 0.717) is 11.8 Å². The number of nitrogens with zero attached hydrogens (tertiary/aromatic N) is 5. The first-order valence-electron chi connectivity index (χ1n) is 15.9. The lowest BCUT2D eigenvalue weighted by atomic mass is 9.99. The second-order valence-corrected chi connectivity index (χ2v) is 12.3. The van der Waals surface area contributed by atoms with Crippen molar-refractivity contribution in [1.82, 2.24) is 24.8 Å². The van der Waals surface area contributed by atoms with Crippen LogP contribution in [0.25, 0.3) is 11.1 Å². The van der Waals surface area contributed by atoms with Gasteiger partial charge in [-0.3, -0.25) is 9.69 Å². The summed E-state index contributed by atoms with van der Waals surface area (Å²) in [6.07, 6.45) is 7.40. The van der Waals surface area contributed by atoms with Crippen LogP contribution in [-0.2, 0) is 14.3 Å². The molecule has 0 saturated carbocycles. The van der Waals surface area contributed by atoms with E-state index in [1.165, 1.54) is 17.5 Å². The molecule has 0 radical (unpaired) electrons. The second kappa shape index (κ2) is 13.9. The molecule has 1 aromatic heterocycles. The summed E-state index contributed by atoms with van der Waals surface area (Å²) in [7, 11) is 0. The van der Waals surface area contributed by atoms with Gasteiger partial charge < -0.3 is 14.4 Å². The SMILES string of the molecule is C[C@H](C[C@@H]1CC[C@H]([C@@H](C)C(=O)N2CCN(CC3CCCO3)CC2)O1)n1cc(C#Cc2ccc(-c3ccccc3)cc2)nn1. The molecule has 0 spiro atoms. The lowest BCUT2D eigenvalue weighted by Crippen LogP contribution is -2.52. The molecule has 8 nitrogen and oxygen atoms in total. The van der Waals surface area contributed by atoms with Gasteiger partial charge in [0.05, 0.1) is 36.5 Å². The number of piperazine rings is 1.